The van der Waals surface area contributed by atoms with E-state index < -0.39 is 34.7 Å². The van der Waals surface area contributed by atoms with Gasteiger partial charge in [-0.1, -0.05) is 12.1 Å². The number of hydrogen-bond acceptors (Lipinski definition) is 8. The molecule has 236 valence electrons. The maximum Gasteiger partial charge on any atom is 0.329 e. The standard InChI is InChI=1S/C29H36F2N8O5/c1-34-26-19(3-2-4-21(26)38(29(34)42)22-5-6-24(40)32-28(22)41)16-36-11-7-18(8-12-36)15-35-13-9-20(10-14-35)37-17-23(39(43)44)25(33-37)27(30)31/h2-4,17-18,20,22,27H,5-16H2,1H3,(H,32,40,41). The number of para-hydroxylation sites is 1. The van der Waals surface area contributed by atoms with Crippen LogP contribution in [0.1, 0.15) is 68.3 Å². The van der Waals surface area contributed by atoms with Gasteiger partial charge in [-0.05, 0) is 62.7 Å². The number of imide groups is 1. The van der Waals surface area contributed by atoms with Gasteiger partial charge in [0.2, 0.25) is 17.5 Å². The molecule has 0 aliphatic carbocycles. The van der Waals surface area contributed by atoms with E-state index in [1.807, 2.05) is 18.2 Å². The number of fused-ring (bicyclic) bond motifs is 1. The van der Waals surface area contributed by atoms with Gasteiger partial charge in [0, 0.05) is 39.6 Å². The summed E-state index contributed by atoms with van der Waals surface area (Å²) in [5, 5.41) is 17.4. The number of halogens is 2. The summed E-state index contributed by atoms with van der Waals surface area (Å²) in [6, 6.07) is 4.93. The Labute approximate surface area is 251 Å². The average molecular weight is 615 g/mol. The molecular weight excluding hydrogens is 578 g/mol. The second-order valence-corrected chi connectivity index (χ2v) is 12.2. The summed E-state index contributed by atoms with van der Waals surface area (Å²) in [6.45, 7) is 5.00. The summed E-state index contributed by atoms with van der Waals surface area (Å²) in [5.41, 5.74) is 0.842. The average Bonchev–Trinajstić information content (AvgIpc) is 3.56. The third kappa shape index (κ3) is 5.77. The van der Waals surface area contributed by atoms with Gasteiger partial charge in [-0.25, -0.2) is 13.6 Å². The number of carbonyl (C=O) groups is 2. The quantitative estimate of drug-likeness (QED) is 0.232. The molecule has 1 aromatic carbocycles. The van der Waals surface area contributed by atoms with Crippen LogP contribution in [0.25, 0.3) is 11.0 Å². The van der Waals surface area contributed by atoms with E-state index in [0.29, 0.717) is 37.2 Å². The predicted octanol–water partition coefficient (Wildman–Crippen LogP) is 2.91. The topological polar surface area (TPSA) is 141 Å². The Hall–Kier alpha value is -3.98. The van der Waals surface area contributed by atoms with Crippen LogP contribution in [0.15, 0.2) is 29.2 Å². The number of nitro groups is 1. The molecule has 3 aliphatic rings. The minimum atomic E-state index is -2.98. The number of amides is 2. The van der Waals surface area contributed by atoms with Crippen molar-refractivity contribution in [1.29, 1.82) is 0 Å². The van der Waals surface area contributed by atoms with Crippen molar-refractivity contribution in [3.05, 3.63) is 56.3 Å². The number of aryl methyl sites for hydroxylation is 1. The van der Waals surface area contributed by atoms with Crippen LogP contribution in [-0.2, 0) is 23.2 Å². The first-order chi connectivity index (χ1) is 21.1. The largest absolute Gasteiger partial charge is 0.329 e. The molecule has 3 saturated heterocycles. The van der Waals surface area contributed by atoms with Crippen LogP contribution in [-0.4, -0.2) is 78.2 Å². The van der Waals surface area contributed by atoms with Crippen molar-refractivity contribution in [2.45, 2.75) is 63.6 Å². The molecule has 2 aromatic heterocycles. The van der Waals surface area contributed by atoms with Crippen molar-refractivity contribution in [2.75, 3.05) is 32.7 Å². The summed E-state index contributed by atoms with van der Waals surface area (Å²) in [6.07, 6.45) is 2.09. The van der Waals surface area contributed by atoms with E-state index in [0.717, 1.165) is 62.8 Å². The molecule has 3 aromatic rings. The highest BCUT2D eigenvalue weighted by molar-refractivity contribution is 6.00. The highest BCUT2D eigenvalue weighted by Crippen LogP contribution is 2.32. The molecule has 0 saturated carbocycles. The Morgan fingerprint density at radius 3 is 2.39 bits per heavy atom. The summed E-state index contributed by atoms with van der Waals surface area (Å²) in [4.78, 5) is 52.6. The zero-order valence-corrected chi connectivity index (χ0v) is 24.5. The van der Waals surface area contributed by atoms with Crippen LogP contribution in [0.4, 0.5) is 14.5 Å². The van der Waals surface area contributed by atoms with Crippen molar-refractivity contribution >= 4 is 28.5 Å². The summed E-state index contributed by atoms with van der Waals surface area (Å²) >= 11 is 0. The minimum absolute atomic E-state index is 0.136. The smallest absolute Gasteiger partial charge is 0.303 e. The lowest BCUT2D eigenvalue weighted by Crippen LogP contribution is -2.44. The number of aromatic nitrogens is 4. The fourth-order valence-corrected chi connectivity index (χ4v) is 7.06. The number of nitrogens with one attached hydrogen (secondary N) is 1. The van der Waals surface area contributed by atoms with Crippen molar-refractivity contribution in [1.82, 2.24) is 34.0 Å². The van der Waals surface area contributed by atoms with Crippen molar-refractivity contribution in [3.8, 4) is 0 Å². The van der Waals surface area contributed by atoms with Crippen LogP contribution in [0.3, 0.4) is 0 Å². The second kappa shape index (κ2) is 12.2. The predicted molar refractivity (Wildman–Crippen MR) is 155 cm³/mol. The normalized spacial score (nSPS) is 21.4. The van der Waals surface area contributed by atoms with Gasteiger partial charge in [-0.15, -0.1) is 0 Å². The molecule has 3 aliphatic heterocycles. The number of benzene rings is 1. The van der Waals surface area contributed by atoms with Gasteiger partial charge in [-0.3, -0.25) is 43.7 Å². The van der Waals surface area contributed by atoms with Gasteiger partial charge in [-0.2, -0.15) is 5.10 Å². The van der Waals surface area contributed by atoms with Gasteiger partial charge in [0.15, 0.2) is 0 Å². The number of imidazole rings is 1. The lowest BCUT2D eigenvalue weighted by molar-refractivity contribution is -0.386. The van der Waals surface area contributed by atoms with Crippen LogP contribution >= 0.6 is 0 Å². The van der Waals surface area contributed by atoms with E-state index in [1.165, 1.54) is 9.25 Å². The summed E-state index contributed by atoms with van der Waals surface area (Å²) in [5.74, 6) is -0.243. The maximum absolute atomic E-state index is 13.2. The Balaban J connectivity index is 1.04. The van der Waals surface area contributed by atoms with E-state index in [-0.39, 0.29) is 24.1 Å². The van der Waals surface area contributed by atoms with Crippen molar-refractivity contribution in [2.24, 2.45) is 13.0 Å². The number of alkyl halides is 2. The summed E-state index contributed by atoms with van der Waals surface area (Å²) < 4.78 is 30.9. The molecule has 13 nitrogen and oxygen atoms in total. The van der Waals surface area contributed by atoms with Crippen LogP contribution in [0.2, 0.25) is 0 Å². The van der Waals surface area contributed by atoms with Gasteiger partial charge >= 0.3 is 11.4 Å². The van der Waals surface area contributed by atoms with Gasteiger partial charge in [0.25, 0.3) is 6.43 Å². The van der Waals surface area contributed by atoms with E-state index in [9.17, 15) is 33.3 Å². The molecule has 1 N–H and O–H groups in total. The third-order valence-electron chi connectivity index (χ3n) is 9.40. The highest BCUT2D eigenvalue weighted by Gasteiger charge is 2.33. The molecule has 6 rings (SSSR count). The molecule has 3 fully saturated rings. The number of nitrogens with zero attached hydrogens (tertiary/aromatic N) is 7. The molecule has 2 amide bonds. The molecule has 0 radical (unpaired) electrons. The fourth-order valence-electron chi connectivity index (χ4n) is 7.06. The minimum Gasteiger partial charge on any atom is -0.303 e. The number of likely N-dealkylation sites (tertiary alicyclic amines) is 2. The molecule has 0 bridgehead atoms. The molecule has 44 heavy (non-hydrogen) atoms. The molecular formula is C29H36F2N8O5. The zero-order chi connectivity index (χ0) is 31.1. The van der Waals surface area contributed by atoms with Gasteiger partial charge in [0.05, 0.1) is 22.0 Å². The van der Waals surface area contributed by atoms with Gasteiger partial charge < -0.3 is 4.90 Å². The van der Waals surface area contributed by atoms with E-state index in [4.69, 9.17) is 0 Å². The SMILES string of the molecule is Cn1c(=O)n(C2CCC(=O)NC2=O)c2cccc(CN3CCC(CN4CCC(n5cc([N+](=O)[O-])c(C(F)F)n5)CC4)CC3)c21. The van der Waals surface area contributed by atoms with Crippen molar-refractivity contribution in [3.63, 3.8) is 0 Å². The van der Waals surface area contributed by atoms with Crippen LogP contribution in [0, 0.1) is 16.0 Å². The Bertz CT molecular complexity index is 1630. The molecule has 15 heteroatoms. The highest BCUT2D eigenvalue weighted by atomic mass is 19.3. The number of piperidine rings is 3. The van der Waals surface area contributed by atoms with Crippen LogP contribution in [0.5, 0.6) is 0 Å². The Morgan fingerprint density at radius 2 is 1.75 bits per heavy atom. The first-order valence-electron chi connectivity index (χ1n) is 15.1. The summed E-state index contributed by atoms with van der Waals surface area (Å²) in [7, 11) is 1.72. The fraction of sp³-hybridized carbons (Fsp3) is 0.586. The molecule has 1 atom stereocenters. The molecule has 5 heterocycles. The lowest BCUT2D eigenvalue weighted by atomic mass is 9.94. The van der Waals surface area contributed by atoms with Gasteiger partial charge in [0.1, 0.15) is 12.2 Å². The zero-order valence-electron chi connectivity index (χ0n) is 24.5. The third-order valence-corrected chi connectivity index (χ3v) is 9.40. The first-order valence-corrected chi connectivity index (χ1v) is 15.1. The number of hydrogen-bond donors (Lipinski definition) is 1. The second-order valence-electron chi connectivity index (χ2n) is 12.2. The van der Waals surface area contributed by atoms with Crippen molar-refractivity contribution < 1.29 is 23.3 Å². The Morgan fingerprint density at radius 1 is 1.05 bits per heavy atom. The van der Waals surface area contributed by atoms with Crippen LogP contribution < -0.4 is 11.0 Å². The first kappa shape index (κ1) is 30.1. The van der Waals surface area contributed by atoms with E-state index >= 15 is 0 Å². The maximum atomic E-state index is 13.2. The number of carbonyl (C=O) groups excluding carboxylic acids is 2. The van der Waals surface area contributed by atoms with E-state index in [2.05, 4.69) is 20.2 Å². The lowest BCUT2D eigenvalue weighted by Gasteiger charge is -2.37. The Kier molecular flexibility index (Phi) is 8.33. The monoisotopic (exact) mass is 614 g/mol. The van der Waals surface area contributed by atoms with E-state index in [1.54, 1.807) is 11.6 Å². The number of rotatable bonds is 8. The molecule has 1 unspecified atom stereocenters. The molecule has 0 spiro atoms.